The summed E-state index contributed by atoms with van der Waals surface area (Å²) in [5.74, 6) is -0.268. The zero-order valence-corrected chi connectivity index (χ0v) is 28.6. The summed E-state index contributed by atoms with van der Waals surface area (Å²) in [6, 6.07) is 7.75. The first kappa shape index (κ1) is 33.8. The van der Waals surface area contributed by atoms with Crippen LogP contribution in [-0.2, 0) is 9.53 Å². The van der Waals surface area contributed by atoms with Crippen molar-refractivity contribution in [2.75, 3.05) is 13.2 Å². The van der Waals surface area contributed by atoms with Gasteiger partial charge in [0.2, 0.25) is 5.91 Å². The third kappa shape index (κ3) is 6.02. The van der Waals surface area contributed by atoms with E-state index in [1.54, 1.807) is 0 Å². The number of amides is 1. The summed E-state index contributed by atoms with van der Waals surface area (Å²) in [4.78, 5) is 30.8. The summed E-state index contributed by atoms with van der Waals surface area (Å²) in [5.41, 5.74) is 14.3. The third-order valence-electron chi connectivity index (χ3n) is 10.5. The Bertz CT molecular complexity index is 1960. The zero-order chi connectivity index (χ0) is 34.4. The summed E-state index contributed by atoms with van der Waals surface area (Å²) < 4.78 is 5.46. The lowest BCUT2D eigenvalue weighted by Crippen LogP contribution is -2.59. The first-order valence-electron chi connectivity index (χ1n) is 16.9. The van der Waals surface area contributed by atoms with Gasteiger partial charge in [-0.1, -0.05) is 26.5 Å². The molecule has 1 fully saturated rings. The van der Waals surface area contributed by atoms with E-state index in [1.165, 1.54) is 11.1 Å². The SMILES string of the molecule is C=Cc1c(C)c2cc3nc(c(C)c4cc(C)c(cc5nc(cc1[nH]2)C(C)=C5CC)[nH]4)[C@@H](CCC(=O)N[C@H]1CO[C@H](CO)[C@@H](O)[C@@H]1O)[C@@H]3C. The van der Waals surface area contributed by atoms with Gasteiger partial charge in [0, 0.05) is 57.3 Å². The normalized spacial score (nSPS) is 24.2. The maximum Gasteiger partial charge on any atom is 0.220 e. The number of aromatic amines is 2. The number of carbonyl (C=O) groups excluding carboxylic acids is 1. The highest BCUT2D eigenvalue weighted by atomic mass is 16.5. The number of nitrogens with one attached hydrogen (secondary N) is 3. The van der Waals surface area contributed by atoms with E-state index in [-0.39, 0.29) is 30.8 Å². The van der Waals surface area contributed by atoms with Crippen LogP contribution < -0.4 is 5.32 Å². The van der Waals surface area contributed by atoms with Crippen molar-refractivity contribution >= 4 is 45.2 Å². The smallest absolute Gasteiger partial charge is 0.220 e. The molecule has 0 aliphatic carbocycles. The van der Waals surface area contributed by atoms with E-state index in [0.29, 0.717) is 6.42 Å². The number of fused-ring (bicyclic) bond motifs is 8. The molecule has 0 radical (unpaired) electrons. The highest BCUT2D eigenvalue weighted by Gasteiger charge is 2.39. The molecule has 1 saturated heterocycles. The first-order chi connectivity index (χ1) is 22.9. The Kier molecular flexibility index (Phi) is 9.46. The summed E-state index contributed by atoms with van der Waals surface area (Å²) in [7, 11) is 0. The van der Waals surface area contributed by atoms with Crippen molar-refractivity contribution < 1.29 is 24.9 Å². The van der Waals surface area contributed by atoms with Crippen LogP contribution in [0.15, 0.2) is 30.8 Å². The van der Waals surface area contributed by atoms with E-state index < -0.39 is 31.0 Å². The van der Waals surface area contributed by atoms with Crippen molar-refractivity contribution in [1.82, 2.24) is 25.3 Å². The average Bonchev–Trinajstić information content (AvgIpc) is 3.76. The molecule has 3 aliphatic rings. The van der Waals surface area contributed by atoms with E-state index >= 15 is 0 Å². The fourth-order valence-corrected chi connectivity index (χ4v) is 7.41. The summed E-state index contributed by atoms with van der Waals surface area (Å²) in [6.07, 6.45) is 0.0900. The molecule has 48 heavy (non-hydrogen) atoms. The fraction of sp³-hybridized carbons (Fsp3) is 0.447. The Morgan fingerprint density at radius 2 is 1.71 bits per heavy atom. The van der Waals surface area contributed by atoms with Gasteiger partial charge in [-0.25, -0.2) is 4.98 Å². The van der Waals surface area contributed by atoms with Crippen LogP contribution in [0.2, 0.25) is 0 Å². The molecule has 6 rings (SSSR count). The van der Waals surface area contributed by atoms with Gasteiger partial charge in [-0.3, -0.25) is 9.78 Å². The summed E-state index contributed by atoms with van der Waals surface area (Å²) in [5, 5.41) is 33.0. The molecule has 8 bridgehead atoms. The maximum atomic E-state index is 13.2. The van der Waals surface area contributed by atoms with E-state index in [4.69, 9.17) is 14.7 Å². The van der Waals surface area contributed by atoms with Gasteiger partial charge in [-0.15, -0.1) is 0 Å². The number of hydrogen-bond acceptors (Lipinski definition) is 7. The molecule has 0 spiro atoms. The molecule has 6 heterocycles. The second kappa shape index (κ2) is 13.4. The van der Waals surface area contributed by atoms with E-state index in [9.17, 15) is 20.1 Å². The van der Waals surface area contributed by atoms with Gasteiger partial charge < -0.3 is 35.3 Å². The topological polar surface area (TPSA) is 156 Å². The average molecular weight is 654 g/mol. The number of aliphatic hydroxyl groups is 3. The second-order valence-electron chi connectivity index (χ2n) is 13.4. The highest BCUT2D eigenvalue weighted by molar-refractivity contribution is 5.93. The number of allylic oxidation sites excluding steroid dienone is 2. The van der Waals surface area contributed by atoms with Crippen LogP contribution in [0, 0.1) is 20.8 Å². The molecule has 3 aliphatic heterocycles. The van der Waals surface area contributed by atoms with Gasteiger partial charge in [-0.2, -0.15) is 0 Å². The molecular formula is C38H47N5O5. The van der Waals surface area contributed by atoms with Crippen LogP contribution in [0.3, 0.4) is 0 Å². The minimum atomic E-state index is -1.28. The minimum Gasteiger partial charge on any atom is -0.394 e. The molecule has 3 aromatic rings. The molecule has 6 atom stereocenters. The maximum absolute atomic E-state index is 13.2. The Morgan fingerprint density at radius 3 is 2.42 bits per heavy atom. The summed E-state index contributed by atoms with van der Waals surface area (Å²) >= 11 is 0. The van der Waals surface area contributed by atoms with Gasteiger partial charge in [-0.05, 0) is 92.6 Å². The number of aryl methyl sites for hydroxylation is 3. The summed E-state index contributed by atoms with van der Waals surface area (Å²) in [6.45, 7) is 16.4. The Hall–Kier alpha value is -4.09. The fourth-order valence-electron chi connectivity index (χ4n) is 7.41. The Labute approximate surface area is 281 Å². The van der Waals surface area contributed by atoms with Crippen molar-refractivity contribution in [3.63, 3.8) is 0 Å². The largest absolute Gasteiger partial charge is 0.394 e. The van der Waals surface area contributed by atoms with Crippen molar-refractivity contribution in [3.8, 4) is 0 Å². The van der Waals surface area contributed by atoms with Crippen LogP contribution in [0.1, 0.15) is 96.9 Å². The van der Waals surface area contributed by atoms with Gasteiger partial charge in [0.05, 0.1) is 30.6 Å². The number of hydrogen-bond donors (Lipinski definition) is 6. The van der Waals surface area contributed by atoms with Crippen molar-refractivity contribution in [1.29, 1.82) is 0 Å². The van der Waals surface area contributed by atoms with Gasteiger partial charge in [0.1, 0.15) is 18.3 Å². The zero-order valence-electron chi connectivity index (χ0n) is 28.6. The minimum absolute atomic E-state index is 0.00935. The number of rotatable bonds is 7. The standard InChI is InChI=1S/C38H47N5O5/c1-8-23-20(5)29-15-32-24(9-2)19(4)28(40-32)14-30-21(6)25(10-11-35(45)42-33-17-48-34(16-44)38(47)37(33)46)36(43-30)22(7)27-12-18(3)26(39-27)13-31(23)41-29/h9,12-15,21,25,33-34,37-40,44,46-47H,2,8,10-11,16-17H2,1,3-7H3,(H,42,45)/t21-,25-,33-,34+,37+,38+/m0/s1. The van der Waals surface area contributed by atoms with Gasteiger partial charge in [0.15, 0.2) is 0 Å². The molecule has 1 amide bonds. The van der Waals surface area contributed by atoms with Crippen LogP contribution in [0.25, 0.3) is 39.3 Å². The molecule has 10 nitrogen and oxygen atoms in total. The molecule has 0 saturated carbocycles. The number of aromatic nitrogens is 4. The van der Waals surface area contributed by atoms with Crippen molar-refractivity contribution in [2.45, 2.75) is 97.0 Å². The molecule has 10 heteroatoms. The second-order valence-corrected chi connectivity index (χ2v) is 13.4. The van der Waals surface area contributed by atoms with Gasteiger partial charge >= 0.3 is 0 Å². The quantitative estimate of drug-likeness (QED) is 0.197. The molecule has 0 aromatic carbocycles. The number of H-pyrrole nitrogens is 2. The number of aliphatic hydroxyl groups excluding tert-OH is 3. The van der Waals surface area contributed by atoms with Crippen LogP contribution in [-0.4, -0.2) is 78.7 Å². The Balaban J connectivity index is 1.44. The lowest BCUT2D eigenvalue weighted by Gasteiger charge is -2.37. The van der Waals surface area contributed by atoms with Crippen LogP contribution >= 0.6 is 0 Å². The van der Waals surface area contributed by atoms with E-state index in [0.717, 1.165) is 73.5 Å². The number of carbonyl (C=O) groups is 1. The molecular weight excluding hydrogens is 606 g/mol. The number of ether oxygens (including phenoxy) is 1. The Morgan fingerprint density at radius 1 is 1.00 bits per heavy atom. The van der Waals surface area contributed by atoms with E-state index in [1.807, 2.05) is 6.08 Å². The number of nitrogens with zero attached hydrogens (tertiary/aromatic N) is 2. The lowest BCUT2D eigenvalue weighted by molar-refractivity contribution is -0.164. The lowest BCUT2D eigenvalue weighted by atomic mass is 9.86. The predicted molar refractivity (Wildman–Crippen MR) is 189 cm³/mol. The third-order valence-corrected chi connectivity index (χ3v) is 10.5. The van der Waals surface area contributed by atoms with Crippen molar-refractivity contribution in [2.24, 2.45) is 0 Å². The first-order valence-corrected chi connectivity index (χ1v) is 16.9. The van der Waals surface area contributed by atoms with E-state index in [2.05, 4.69) is 87.7 Å². The highest BCUT2D eigenvalue weighted by Crippen LogP contribution is 2.42. The van der Waals surface area contributed by atoms with Gasteiger partial charge in [0.25, 0.3) is 0 Å². The molecule has 254 valence electrons. The van der Waals surface area contributed by atoms with Crippen LogP contribution in [0.5, 0.6) is 0 Å². The monoisotopic (exact) mass is 653 g/mol. The van der Waals surface area contributed by atoms with Crippen molar-refractivity contribution in [3.05, 3.63) is 75.9 Å². The molecule has 6 N–H and O–H groups in total. The molecule has 0 unspecified atom stereocenters. The molecule has 3 aromatic heterocycles. The predicted octanol–water partition coefficient (Wildman–Crippen LogP) is 5.49. The van der Waals surface area contributed by atoms with Crippen LogP contribution in [0.4, 0.5) is 0 Å².